The van der Waals surface area contributed by atoms with Gasteiger partial charge in [-0.3, -0.25) is 14.6 Å². The molecule has 8 nitrogen and oxygen atoms in total. The Hall–Kier alpha value is -2.58. The smallest absolute Gasteiger partial charge is 0.408 e. The Bertz CT molecular complexity index is 1110. The van der Waals surface area contributed by atoms with E-state index in [2.05, 4.69) is 15.2 Å². The number of fused-ring (bicyclic) bond motifs is 1. The quantitative estimate of drug-likeness (QED) is 0.505. The van der Waals surface area contributed by atoms with E-state index < -0.39 is 11.6 Å². The first-order valence-electron chi connectivity index (χ1n) is 14.1. The van der Waals surface area contributed by atoms with E-state index in [0.717, 1.165) is 73.6 Å². The number of amides is 2. The second-order valence-electron chi connectivity index (χ2n) is 12.1. The zero-order chi connectivity index (χ0) is 25.6. The molecule has 4 bridgehead atoms. The van der Waals surface area contributed by atoms with Crippen LogP contribution in [-0.2, 0) is 16.0 Å². The van der Waals surface area contributed by atoms with Gasteiger partial charge in [0.1, 0.15) is 5.54 Å². The first kappa shape index (κ1) is 24.7. The summed E-state index contributed by atoms with van der Waals surface area (Å²) in [6.45, 7) is 6.24. The third kappa shape index (κ3) is 4.63. The zero-order valence-electron chi connectivity index (χ0n) is 21.8. The maximum Gasteiger partial charge on any atom is 0.408 e. The summed E-state index contributed by atoms with van der Waals surface area (Å²) < 4.78 is 5.44. The molecule has 1 saturated heterocycles. The fraction of sp³-hybridized carbons (Fsp3) is 0.655. The predicted octanol–water partition coefficient (Wildman–Crippen LogP) is 3.72. The van der Waals surface area contributed by atoms with Crippen LogP contribution >= 0.6 is 0 Å². The molecule has 0 radical (unpaired) electrons. The summed E-state index contributed by atoms with van der Waals surface area (Å²) in [5.74, 6) is 1.99. The topological polar surface area (TPSA) is 97.9 Å². The standard InChI is InChI=1S/C29H40N4O4/c1-29(17-23-18-31-25-5-3-2-4-24(23)25,27(34)30-6-7-32-8-10-37-11-9-32)33(28(35)36)26-21-13-19-12-20(15-21)16-22(26)14-19/h2-5,18-22,26,31H,6-17H2,1H3,(H,30,34)(H,35,36). The highest BCUT2D eigenvalue weighted by atomic mass is 16.5. The summed E-state index contributed by atoms with van der Waals surface area (Å²) in [6.07, 6.45) is 7.03. The molecule has 200 valence electrons. The fourth-order valence-corrected chi connectivity index (χ4v) is 8.25. The molecule has 2 aromatic rings. The lowest BCUT2D eigenvalue weighted by Crippen LogP contribution is -2.68. The lowest BCUT2D eigenvalue weighted by molar-refractivity contribution is -0.140. The van der Waals surface area contributed by atoms with Gasteiger partial charge in [-0.25, -0.2) is 4.79 Å². The number of morpholine rings is 1. The summed E-state index contributed by atoms with van der Waals surface area (Å²) >= 11 is 0. The third-order valence-corrected chi connectivity index (χ3v) is 9.73. The van der Waals surface area contributed by atoms with Crippen LogP contribution in [0.15, 0.2) is 30.5 Å². The number of carboxylic acid groups (broad SMARTS) is 1. The number of rotatable bonds is 8. The Labute approximate surface area is 218 Å². The number of benzene rings is 1. The average molecular weight is 509 g/mol. The van der Waals surface area contributed by atoms with Gasteiger partial charge in [0, 0.05) is 55.7 Å². The number of para-hydroxylation sites is 1. The van der Waals surface area contributed by atoms with Crippen LogP contribution in [0.2, 0.25) is 0 Å². The molecule has 8 heteroatoms. The van der Waals surface area contributed by atoms with Crippen LogP contribution in [0.3, 0.4) is 0 Å². The molecular weight excluding hydrogens is 468 g/mol. The van der Waals surface area contributed by atoms with Crippen molar-refractivity contribution in [3.8, 4) is 0 Å². The number of ether oxygens (including phenoxy) is 1. The maximum atomic E-state index is 14.1. The van der Waals surface area contributed by atoms with Gasteiger partial charge in [0.15, 0.2) is 0 Å². The number of hydrogen-bond acceptors (Lipinski definition) is 4. The number of H-pyrrole nitrogens is 1. The minimum absolute atomic E-state index is 0.0921. The van der Waals surface area contributed by atoms with E-state index in [1.54, 1.807) is 4.90 Å². The van der Waals surface area contributed by atoms with Crippen molar-refractivity contribution in [3.05, 3.63) is 36.0 Å². The van der Waals surface area contributed by atoms with E-state index in [9.17, 15) is 14.7 Å². The molecule has 1 atom stereocenters. The average Bonchev–Trinajstić information content (AvgIpc) is 3.28. The van der Waals surface area contributed by atoms with Gasteiger partial charge in [-0.05, 0) is 74.3 Å². The van der Waals surface area contributed by atoms with Crippen molar-refractivity contribution < 1.29 is 19.4 Å². The molecule has 2 amide bonds. The highest BCUT2D eigenvalue weighted by Crippen LogP contribution is 2.56. The highest BCUT2D eigenvalue weighted by molar-refractivity contribution is 5.91. The molecular formula is C29H40N4O4. The van der Waals surface area contributed by atoms with Crippen molar-refractivity contribution in [1.29, 1.82) is 0 Å². The van der Waals surface area contributed by atoms with Gasteiger partial charge >= 0.3 is 6.09 Å². The number of nitrogens with one attached hydrogen (secondary N) is 2. The number of aromatic nitrogens is 1. The zero-order valence-corrected chi connectivity index (χ0v) is 21.8. The first-order valence-corrected chi connectivity index (χ1v) is 14.1. The molecule has 1 unspecified atom stereocenters. The van der Waals surface area contributed by atoms with E-state index in [1.807, 2.05) is 37.4 Å². The van der Waals surface area contributed by atoms with Crippen molar-refractivity contribution in [2.75, 3.05) is 39.4 Å². The van der Waals surface area contributed by atoms with Gasteiger partial charge in [-0.2, -0.15) is 0 Å². The second-order valence-corrected chi connectivity index (χ2v) is 12.1. The minimum atomic E-state index is -1.21. The van der Waals surface area contributed by atoms with E-state index >= 15 is 0 Å². The van der Waals surface area contributed by atoms with Crippen LogP contribution in [0.4, 0.5) is 4.79 Å². The Morgan fingerprint density at radius 1 is 1.11 bits per heavy atom. The van der Waals surface area contributed by atoms with E-state index in [4.69, 9.17) is 4.74 Å². The molecule has 1 aromatic carbocycles. The molecule has 5 fully saturated rings. The van der Waals surface area contributed by atoms with E-state index in [1.165, 1.54) is 6.42 Å². The van der Waals surface area contributed by atoms with Crippen molar-refractivity contribution in [2.24, 2.45) is 23.7 Å². The first-order chi connectivity index (χ1) is 17.9. The van der Waals surface area contributed by atoms with Crippen molar-refractivity contribution in [2.45, 2.75) is 57.0 Å². The number of nitrogens with zero attached hydrogens (tertiary/aromatic N) is 2. The monoisotopic (exact) mass is 508 g/mol. The van der Waals surface area contributed by atoms with Gasteiger partial charge < -0.3 is 20.1 Å². The largest absolute Gasteiger partial charge is 0.465 e. The van der Waals surface area contributed by atoms with Gasteiger partial charge in [0.05, 0.1) is 13.2 Å². The Morgan fingerprint density at radius 2 is 1.78 bits per heavy atom. The molecule has 2 heterocycles. The van der Waals surface area contributed by atoms with Crippen LogP contribution < -0.4 is 5.32 Å². The van der Waals surface area contributed by atoms with Gasteiger partial charge in [0.25, 0.3) is 0 Å². The van der Waals surface area contributed by atoms with Crippen LogP contribution in [0.1, 0.15) is 44.6 Å². The Kier molecular flexibility index (Phi) is 6.65. The van der Waals surface area contributed by atoms with Gasteiger partial charge in [-0.15, -0.1) is 0 Å². The summed E-state index contributed by atoms with van der Waals surface area (Å²) in [7, 11) is 0. The SMILES string of the molecule is CC(Cc1c[nH]c2ccccc12)(C(=O)NCCN1CCOCC1)N(C(=O)O)C1C2CC3CC(C2)CC1C3. The molecule has 37 heavy (non-hydrogen) atoms. The number of aromatic amines is 1. The van der Waals surface area contributed by atoms with E-state index in [-0.39, 0.29) is 11.9 Å². The third-order valence-electron chi connectivity index (χ3n) is 9.73. The molecule has 1 aliphatic heterocycles. The highest BCUT2D eigenvalue weighted by Gasteiger charge is 2.56. The number of carbonyl (C=O) groups excluding carboxylic acids is 1. The predicted molar refractivity (Wildman–Crippen MR) is 141 cm³/mol. The van der Waals surface area contributed by atoms with Crippen LogP contribution in [-0.4, -0.2) is 82.9 Å². The van der Waals surface area contributed by atoms with Crippen LogP contribution in [0.25, 0.3) is 10.9 Å². The van der Waals surface area contributed by atoms with Crippen molar-refractivity contribution >= 4 is 22.9 Å². The summed E-state index contributed by atoms with van der Waals surface area (Å²) in [5, 5.41) is 14.9. The van der Waals surface area contributed by atoms with Crippen LogP contribution in [0.5, 0.6) is 0 Å². The van der Waals surface area contributed by atoms with Gasteiger partial charge in [-0.1, -0.05) is 18.2 Å². The van der Waals surface area contributed by atoms with Crippen LogP contribution in [0, 0.1) is 23.7 Å². The lowest BCUT2D eigenvalue weighted by Gasteiger charge is -2.59. The lowest BCUT2D eigenvalue weighted by atomic mass is 9.53. The maximum absolute atomic E-state index is 14.1. The number of carbonyl (C=O) groups is 2. The summed E-state index contributed by atoms with van der Waals surface area (Å²) in [6, 6.07) is 7.95. The Morgan fingerprint density at radius 3 is 2.46 bits per heavy atom. The Balaban J connectivity index is 1.30. The molecule has 5 aliphatic rings. The fourth-order valence-electron chi connectivity index (χ4n) is 8.25. The minimum Gasteiger partial charge on any atom is -0.465 e. The van der Waals surface area contributed by atoms with E-state index in [0.29, 0.717) is 38.0 Å². The summed E-state index contributed by atoms with van der Waals surface area (Å²) in [4.78, 5) is 34.4. The molecule has 3 N–H and O–H groups in total. The molecule has 4 saturated carbocycles. The van der Waals surface area contributed by atoms with Crippen molar-refractivity contribution in [3.63, 3.8) is 0 Å². The molecule has 4 aliphatic carbocycles. The summed E-state index contributed by atoms with van der Waals surface area (Å²) in [5.41, 5.74) is 0.780. The van der Waals surface area contributed by atoms with Crippen molar-refractivity contribution in [1.82, 2.24) is 20.1 Å². The molecule has 0 spiro atoms. The second kappa shape index (κ2) is 9.95. The molecule has 1 aromatic heterocycles. The van der Waals surface area contributed by atoms with Gasteiger partial charge in [0.2, 0.25) is 5.91 Å². The molecule has 7 rings (SSSR count). The number of hydrogen-bond donors (Lipinski definition) is 3. The normalized spacial score (nSPS) is 30.8.